The van der Waals surface area contributed by atoms with Gasteiger partial charge in [-0.2, -0.15) is 0 Å². The van der Waals surface area contributed by atoms with E-state index in [2.05, 4.69) is 6.58 Å². The summed E-state index contributed by atoms with van der Waals surface area (Å²) in [6, 6.07) is 3.70. The van der Waals surface area contributed by atoms with E-state index in [1.807, 2.05) is 19.9 Å². The standard InChI is InChI=1S/C23H28N2O5S/c1-4-9-17-12-16(13-18(29-5-2)21(17)30-6-3)14-19-22(27)25(23(28)31-19)15-20(26)24-10-7-8-11-24/h4,12-14H,1,5-11,15H2,2-3H3/b19-14-. The first-order valence-corrected chi connectivity index (χ1v) is 11.4. The Labute approximate surface area is 187 Å². The van der Waals surface area contributed by atoms with Crippen LogP contribution in [0.25, 0.3) is 6.08 Å². The number of rotatable bonds is 9. The first-order chi connectivity index (χ1) is 15.0. The van der Waals surface area contributed by atoms with E-state index in [9.17, 15) is 14.4 Å². The van der Waals surface area contributed by atoms with Crippen LogP contribution in [0.2, 0.25) is 0 Å². The summed E-state index contributed by atoms with van der Waals surface area (Å²) < 4.78 is 11.5. The maximum absolute atomic E-state index is 12.8. The molecule has 0 unspecified atom stereocenters. The lowest BCUT2D eigenvalue weighted by atomic mass is 10.0. The first kappa shape index (κ1) is 22.9. The number of thioether (sulfide) groups is 1. The third-order valence-electron chi connectivity index (χ3n) is 5.03. The Morgan fingerprint density at radius 3 is 2.52 bits per heavy atom. The third kappa shape index (κ3) is 5.31. The number of ether oxygens (including phenoxy) is 2. The molecule has 2 saturated heterocycles. The van der Waals surface area contributed by atoms with Gasteiger partial charge in [-0.25, -0.2) is 0 Å². The second-order valence-electron chi connectivity index (χ2n) is 7.22. The van der Waals surface area contributed by atoms with Gasteiger partial charge >= 0.3 is 0 Å². The molecule has 3 rings (SSSR count). The lowest BCUT2D eigenvalue weighted by Crippen LogP contribution is -2.40. The molecule has 0 bridgehead atoms. The van der Waals surface area contributed by atoms with Crippen LogP contribution in [0.15, 0.2) is 29.7 Å². The van der Waals surface area contributed by atoms with Gasteiger partial charge in [0.05, 0.1) is 18.1 Å². The zero-order valence-corrected chi connectivity index (χ0v) is 18.8. The van der Waals surface area contributed by atoms with Crippen molar-refractivity contribution < 1.29 is 23.9 Å². The van der Waals surface area contributed by atoms with E-state index in [4.69, 9.17) is 9.47 Å². The summed E-state index contributed by atoms with van der Waals surface area (Å²) in [4.78, 5) is 40.7. The Morgan fingerprint density at radius 1 is 1.16 bits per heavy atom. The molecule has 31 heavy (non-hydrogen) atoms. The number of likely N-dealkylation sites (tertiary alicyclic amines) is 1. The van der Waals surface area contributed by atoms with Crippen molar-refractivity contribution >= 4 is 34.9 Å². The third-order valence-corrected chi connectivity index (χ3v) is 5.94. The van der Waals surface area contributed by atoms with E-state index in [1.165, 1.54) is 0 Å². The molecule has 2 aliphatic rings. The van der Waals surface area contributed by atoms with Gasteiger partial charge in [0, 0.05) is 18.7 Å². The second kappa shape index (κ2) is 10.5. The summed E-state index contributed by atoms with van der Waals surface area (Å²) in [6.45, 7) is 9.71. The fraction of sp³-hybridized carbons (Fsp3) is 0.435. The predicted octanol–water partition coefficient (Wildman–Crippen LogP) is 3.87. The van der Waals surface area contributed by atoms with E-state index in [0.29, 0.717) is 44.2 Å². The maximum atomic E-state index is 12.8. The van der Waals surface area contributed by atoms with Crippen LogP contribution in [0.5, 0.6) is 11.5 Å². The number of hydrogen-bond acceptors (Lipinski definition) is 6. The van der Waals surface area contributed by atoms with E-state index in [1.54, 1.807) is 23.1 Å². The SMILES string of the molecule is C=CCc1cc(/C=C2\SC(=O)N(CC(=O)N3CCCC3)C2=O)cc(OCC)c1OCC. The minimum atomic E-state index is -0.445. The first-order valence-electron chi connectivity index (χ1n) is 10.5. The molecule has 2 aliphatic heterocycles. The van der Waals surface area contributed by atoms with Crippen LogP contribution < -0.4 is 9.47 Å². The summed E-state index contributed by atoms with van der Waals surface area (Å²) in [5.74, 6) is 0.609. The Bertz CT molecular complexity index is 905. The lowest BCUT2D eigenvalue weighted by Gasteiger charge is -2.18. The van der Waals surface area contributed by atoms with Crippen LogP contribution in [-0.4, -0.2) is 59.7 Å². The second-order valence-corrected chi connectivity index (χ2v) is 8.22. The van der Waals surface area contributed by atoms with Gasteiger partial charge < -0.3 is 14.4 Å². The van der Waals surface area contributed by atoms with Crippen molar-refractivity contribution in [2.24, 2.45) is 0 Å². The maximum Gasteiger partial charge on any atom is 0.294 e. The van der Waals surface area contributed by atoms with Crippen molar-refractivity contribution in [2.45, 2.75) is 33.1 Å². The van der Waals surface area contributed by atoms with Gasteiger partial charge in [-0.1, -0.05) is 6.08 Å². The van der Waals surface area contributed by atoms with Crippen molar-refractivity contribution in [3.63, 3.8) is 0 Å². The monoisotopic (exact) mass is 444 g/mol. The molecule has 0 aliphatic carbocycles. The van der Waals surface area contributed by atoms with Gasteiger partial charge in [-0.05, 0) is 68.6 Å². The fourth-order valence-electron chi connectivity index (χ4n) is 3.63. The topological polar surface area (TPSA) is 76.2 Å². The van der Waals surface area contributed by atoms with E-state index < -0.39 is 11.1 Å². The van der Waals surface area contributed by atoms with Crippen molar-refractivity contribution in [1.29, 1.82) is 0 Å². The summed E-state index contributed by atoms with van der Waals surface area (Å²) in [7, 11) is 0. The Morgan fingerprint density at radius 2 is 1.87 bits per heavy atom. The Hall–Kier alpha value is -2.74. The molecule has 0 spiro atoms. The number of carbonyl (C=O) groups excluding carboxylic acids is 3. The average Bonchev–Trinajstić information content (AvgIpc) is 3.36. The summed E-state index contributed by atoms with van der Waals surface area (Å²) in [5.41, 5.74) is 1.61. The van der Waals surface area contributed by atoms with Crippen molar-refractivity contribution in [1.82, 2.24) is 9.80 Å². The molecule has 1 aromatic carbocycles. The number of imide groups is 1. The minimum Gasteiger partial charge on any atom is -0.490 e. The molecule has 0 radical (unpaired) electrons. The predicted molar refractivity (Wildman–Crippen MR) is 121 cm³/mol. The van der Waals surface area contributed by atoms with Crippen LogP contribution in [0.3, 0.4) is 0 Å². The smallest absolute Gasteiger partial charge is 0.294 e. The van der Waals surface area contributed by atoms with Crippen molar-refractivity contribution in [2.75, 3.05) is 32.8 Å². The van der Waals surface area contributed by atoms with Gasteiger partial charge in [0.1, 0.15) is 6.54 Å². The Balaban J connectivity index is 1.86. The zero-order chi connectivity index (χ0) is 22.4. The summed E-state index contributed by atoms with van der Waals surface area (Å²) in [5, 5.41) is -0.425. The van der Waals surface area contributed by atoms with Crippen molar-refractivity contribution in [3.8, 4) is 11.5 Å². The van der Waals surface area contributed by atoms with Crippen LogP contribution in [0, 0.1) is 0 Å². The molecular weight excluding hydrogens is 416 g/mol. The molecule has 0 saturated carbocycles. The van der Waals surface area contributed by atoms with Crippen molar-refractivity contribution in [3.05, 3.63) is 40.8 Å². The minimum absolute atomic E-state index is 0.186. The van der Waals surface area contributed by atoms with Gasteiger partial charge in [0.2, 0.25) is 5.91 Å². The molecule has 2 fully saturated rings. The van der Waals surface area contributed by atoms with Crippen LogP contribution in [-0.2, 0) is 16.0 Å². The number of hydrogen-bond donors (Lipinski definition) is 0. The van der Waals surface area contributed by atoms with E-state index >= 15 is 0 Å². The number of carbonyl (C=O) groups is 3. The quantitative estimate of drug-likeness (QED) is 0.425. The zero-order valence-electron chi connectivity index (χ0n) is 18.0. The molecule has 3 amide bonds. The highest BCUT2D eigenvalue weighted by atomic mass is 32.2. The fourth-order valence-corrected chi connectivity index (χ4v) is 4.47. The molecule has 0 atom stereocenters. The van der Waals surface area contributed by atoms with E-state index in [0.717, 1.165) is 40.6 Å². The van der Waals surface area contributed by atoms with Crippen LogP contribution in [0.1, 0.15) is 37.8 Å². The molecule has 0 N–H and O–H groups in total. The molecule has 8 heteroatoms. The van der Waals surface area contributed by atoms with E-state index in [-0.39, 0.29) is 17.4 Å². The van der Waals surface area contributed by atoms with Crippen LogP contribution in [0.4, 0.5) is 4.79 Å². The number of amides is 3. The summed E-state index contributed by atoms with van der Waals surface area (Å²) >= 11 is 0.850. The van der Waals surface area contributed by atoms with Gasteiger partial charge in [-0.3, -0.25) is 19.3 Å². The molecule has 2 heterocycles. The van der Waals surface area contributed by atoms with Gasteiger partial charge in [-0.15, -0.1) is 6.58 Å². The lowest BCUT2D eigenvalue weighted by molar-refractivity contribution is -0.135. The molecule has 7 nitrogen and oxygen atoms in total. The number of allylic oxidation sites excluding steroid dienone is 1. The normalized spacial score (nSPS) is 17.5. The highest BCUT2D eigenvalue weighted by Gasteiger charge is 2.37. The molecule has 1 aromatic rings. The highest BCUT2D eigenvalue weighted by molar-refractivity contribution is 8.18. The number of benzene rings is 1. The van der Waals surface area contributed by atoms with Gasteiger partial charge in [0.15, 0.2) is 11.5 Å². The molecular formula is C23H28N2O5S. The average molecular weight is 445 g/mol. The molecule has 166 valence electrons. The highest BCUT2D eigenvalue weighted by Crippen LogP contribution is 2.37. The number of nitrogens with zero attached hydrogens (tertiary/aromatic N) is 2. The summed E-state index contributed by atoms with van der Waals surface area (Å²) in [6.07, 6.45) is 5.93. The van der Waals surface area contributed by atoms with Crippen LogP contribution >= 0.6 is 11.8 Å². The molecule has 0 aromatic heterocycles. The largest absolute Gasteiger partial charge is 0.490 e. The Kier molecular flexibility index (Phi) is 7.79. The van der Waals surface area contributed by atoms with Gasteiger partial charge in [0.25, 0.3) is 11.1 Å².